The third kappa shape index (κ3) is 3.54. The number of rotatable bonds is 5. The van der Waals surface area contributed by atoms with Gasteiger partial charge in [0.15, 0.2) is 11.5 Å². The van der Waals surface area contributed by atoms with Crippen molar-refractivity contribution in [2.45, 2.75) is 37.6 Å². The van der Waals surface area contributed by atoms with Crippen molar-refractivity contribution in [3.05, 3.63) is 72.1 Å². The number of aromatic nitrogens is 2. The predicted molar refractivity (Wildman–Crippen MR) is 114 cm³/mol. The number of hydrogen-bond donors (Lipinski definition) is 1. The van der Waals surface area contributed by atoms with E-state index in [2.05, 4.69) is 10.4 Å². The molecule has 6 nitrogen and oxygen atoms in total. The van der Waals surface area contributed by atoms with E-state index in [0.717, 1.165) is 54.0 Å². The van der Waals surface area contributed by atoms with Crippen molar-refractivity contribution in [1.82, 2.24) is 9.78 Å². The first-order valence-corrected chi connectivity index (χ1v) is 10.5. The van der Waals surface area contributed by atoms with Crippen LogP contribution >= 0.6 is 0 Å². The molecule has 0 saturated heterocycles. The van der Waals surface area contributed by atoms with Crippen LogP contribution in [0.15, 0.2) is 60.9 Å². The molecule has 0 unspecified atom stereocenters. The van der Waals surface area contributed by atoms with Crippen LogP contribution in [0.3, 0.4) is 0 Å². The Labute approximate surface area is 175 Å². The minimum atomic E-state index is -0.524. The van der Waals surface area contributed by atoms with E-state index in [1.54, 1.807) is 6.20 Å². The van der Waals surface area contributed by atoms with E-state index in [1.807, 2.05) is 59.4 Å². The predicted octanol–water partition coefficient (Wildman–Crippen LogP) is 4.15. The van der Waals surface area contributed by atoms with Crippen LogP contribution in [0.4, 0.5) is 5.69 Å². The van der Waals surface area contributed by atoms with Crippen molar-refractivity contribution in [2.75, 3.05) is 18.5 Å². The maximum absolute atomic E-state index is 13.4. The second-order valence-electron chi connectivity index (χ2n) is 8.00. The van der Waals surface area contributed by atoms with Crippen LogP contribution in [0.25, 0.3) is 0 Å². The summed E-state index contributed by atoms with van der Waals surface area (Å²) in [6.07, 6.45) is 7.49. The number of carbonyl (C=O) groups is 1. The molecule has 0 spiro atoms. The summed E-state index contributed by atoms with van der Waals surface area (Å²) < 4.78 is 13.3. The standard InChI is InChI=1S/C24H25N3O3/c28-23(26-20-7-4-18(5-8-20)17-27-13-3-12-25-27)24(10-1-2-11-24)19-6-9-21-22(16-19)30-15-14-29-21/h3-9,12-13,16H,1-2,10-11,14-15,17H2,(H,26,28). The first kappa shape index (κ1) is 18.7. The zero-order chi connectivity index (χ0) is 20.4. The topological polar surface area (TPSA) is 65.4 Å². The molecule has 2 aliphatic rings. The molecular weight excluding hydrogens is 378 g/mol. The quantitative estimate of drug-likeness (QED) is 0.695. The SMILES string of the molecule is O=C(Nc1ccc(Cn2cccn2)cc1)C1(c2ccc3c(c2)OCCO3)CCCC1. The minimum absolute atomic E-state index is 0.0523. The lowest BCUT2D eigenvalue weighted by atomic mass is 9.77. The Balaban J connectivity index is 1.35. The Hall–Kier alpha value is -3.28. The molecule has 1 fully saturated rings. The fraction of sp³-hybridized carbons (Fsp3) is 0.333. The second-order valence-corrected chi connectivity index (χ2v) is 8.00. The third-order valence-corrected chi connectivity index (χ3v) is 6.10. The van der Waals surface area contributed by atoms with Crippen LogP contribution in [0.5, 0.6) is 11.5 Å². The average molecular weight is 403 g/mol. The number of ether oxygens (including phenoxy) is 2. The molecule has 3 aromatic rings. The van der Waals surface area contributed by atoms with Gasteiger partial charge < -0.3 is 14.8 Å². The summed E-state index contributed by atoms with van der Waals surface area (Å²) in [5.41, 5.74) is 2.44. The molecule has 1 aliphatic carbocycles. The molecule has 0 atom stereocenters. The lowest BCUT2D eigenvalue weighted by molar-refractivity contribution is -0.121. The Morgan fingerprint density at radius 3 is 2.53 bits per heavy atom. The smallest absolute Gasteiger partial charge is 0.235 e. The number of amides is 1. The zero-order valence-electron chi connectivity index (χ0n) is 16.8. The molecule has 1 saturated carbocycles. The minimum Gasteiger partial charge on any atom is -0.486 e. The number of benzene rings is 2. The Bertz CT molecular complexity index is 1020. The van der Waals surface area contributed by atoms with Gasteiger partial charge in [0.1, 0.15) is 13.2 Å². The van der Waals surface area contributed by atoms with Gasteiger partial charge in [-0.3, -0.25) is 9.48 Å². The van der Waals surface area contributed by atoms with Gasteiger partial charge >= 0.3 is 0 Å². The monoisotopic (exact) mass is 403 g/mol. The van der Waals surface area contributed by atoms with Crippen LogP contribution in [0.1, 0.15) is 36.8 Å². The maximum atomic E-state index is 13.4. The van der Waals surface area contributed by atoms with Gasteiger partial charge in [-0.15, -0.1) is 0 Å². The molecule has 154 valence electrons. The number of fused-ring (bicyclic) bond motifs is 1. The number of nitrogens with one attached hydrogen (secondary N) is 1. The Kier molecular flexibility index (Phi) is 4.91. The highest BCUT2D eigenvalue weighted by Gasteiger charge is 2.43. The van der Waals surface area contributed by atoms with E-state index in [9.17, 15) is 4.79 Å². The molecule has 0 bridgehead atoms. The highest BCUT2D eigenvalue weighted by molar-refractivity contribution is 5.99. The van der Waals surface area contributed by atoms with Gasteiger partial charge in [0.2, 0.25) is 5.91 Å². The van der Waals surface area contributed by atoms with Gasteiger partial charge in [-0.05, 0) is 54.3 Å². The Morgan fingerprint density at radius 1 is 1.03 bits per heavy atom. The number of carbonyl (C=O) groups excluding carboxylic acids is 1. The van der Waals surface area contributed by atoms with E-state index < -0.39 is 5.41 Å². The lowest BCUT2D eigenvalue weighted by Crippen LogP contribution is -2.38. The number of hydrogen-bond acceptors (Lipinski definition) is 4. The first-order valence-electron chi connectivity index (χ1n) is 10.5. The van der Waals surface area contributed by atoms with Crippen molar-refractivity contribution in [3.63, 3.8) is 0 Å². The van der Waals surface area contributed by atoms with Crippen LogP contribution in [0, 0.1) is 0 Å². The number of anilines is 1. The molecular formula is C24H25N3O3. The van der Waals surface area contributed by atoms with Crippen molar-refractivity contribution in [1.29, 1.82) is 0 Å². The molecule has 2 heterocycles. The first-order chi connectivity index (χ1) is 14.7. The zero-order valence-corrected chi connectivity index (χ0v) is 16.8. The largest absolute Gasteiger partial charge is 0.486 e. The van der Waals surface area contributed by atoms with Crippen LogP contribution in [-0.4, -0.2) is 28.9 Å². The van der Waals surface area contributed by atoms with E-state index in [-0.39, 0.29) is 5.91 Å². The van der Waals surface area contributed by atoms with Crippen molar-refractivity contribution < 1.29 is 14.3 Å². The van der Waals surface area contributed by atoms with Gasteiger partial charge in [-0.2, -0.15) is 5.10 Å². The summed E-state index contributed by atoms with van der Waals surface area (Å²) >= 11 is 0. The van der Waals surface area contributed by atoms with Crippen molar-refractivity contribution in [3.8, 4) is 11.5 Å². The summed E-state index contributed by atoms with van der Waals surface area (Å²) in [7, 11) is 0. The van der Waals surface area contributed by atoms with E-state index in [0.29, 0.717) is 19.8 Å². The summed E-state index contributed by atoms with van der Waals surface area (Å²) in [6, 6.07) is 15.8. The van der Waals surface area contributed by atoms with Gasteiger partial charge in [-0.25, -0.2) is 0 Å². The summed E-state index contributed by atoms with van der Waals surface area (Å²) in [6.45, 7) is 1.82. The summed E-state index contributed by atoms with van der Waals surface area (Å²) in [5.74, 6) is 1.55. The molecule has 1 amide bonds. The van der Waals surface area contributed by atoms with Gasteiger partial charge in [0.25, 0.3) is 0 Å². The van der Waals surface area contributed by atoms with E-state index >= 15 is 0 Å². The molecule has 1 N–H and O–H groups in total. The normalized spacial score (nSPS) is 16.9. The summed E-state index contributed by atoms with van der Waals surface area (Å²) in [4.78, 5) is 13.4. The van der Waals surface area contributed by atoms with Crippen molar-refractivity contribution >= 4 is 11.6 Å². The van der Waals surface area contributed by atoms with Gasteiger partial charge in [0.05, 0.1) is 12.0 Å². The highest BCUT2D eigenvalue weighted by Crippen LogP contribution is 2.45. The molecule has 1 aliphatic heterocycles. The third-order valence-electron chi connectivity index (χ3n) is 6.10. The van der Waals surface area contributed by atoms with E-state index in [4.69, 9.17) is 9.47 Å². The van der Waals surface area contributed by atoms with Crippen LogP contribution in [-0.2, 0) is 16.8 Å². The second kappa shape index (κ2) is 7.86. The molecule has 0 radical (unpaired) electrons. The van der Waals surface area contributed by atoms with Crippen LogP contribution < -0.4 is 14.8 Å². The number of nitrogens with zero attached hydrogens (tertiary/aromatic N) is 2. The van der Waals surface area contributed by atoms with Crippen LogP contribution in [0.2, 0.25) is 0 Å². The lowest BCUT2D eigenvalue weighted by Gasteiger charge is -2.30. The average Bonchev–Trinajstić information content (AvgIpc) is 3.48. The molecule has 5 rings (SSSR count). The van der Waals surface area contributed by atoms with Gasteiger partial charge in [-0.1, -0.05) is 31.0 Å². The Morgan fingerprint density at radius 2 is 1.80 bits per heavy atom. The molecule has 30 heavy (non-hydrogen) atoms. The van der Waals surface area contributed by atoms with Crippen molar-refractivity contribution in [2.24, 2.45) is 0 Å². The molecule has 6 heteroatoms. The fourth-order valence-electron chi connectivity index (χ4n) is 4.49. The maximum Gasteiger partial charge on any atom is 0.235 e. The fourth-order valence-corrected chi connectivity index (χ4v) is 4.49. The molecule has 2 aromatic carbocycles. The van der Waals surface area contributed by atoms with Gasteiger partial charge in [0, 0.05) is 18.1 Å². The summed E-state index contributed by atoms with van der Waals surface area (Å²) in [5, 5.41) is 7.39. The highest BCUT2D eigenvalue weighted by atomic mass is 16.6. The molecule has 1 aromatic heterocycles. The van der Waals surface area contributed by atoms with E-state index in [1.165, 1.54) is 0 Å².